The van der Waals surface area contributed by atoms with Gasteiger partial charge in [-0.15, -0.1) is 17.8 Å². The maximum absolute atomic E-state index is 13.4. The van der Waals surface area contributed by atoms with E-state index >= 15 is 0 Å². The Morgan fingerprint density at radius 3 is 2.84 bits per heavy atom. The highest BCUT2D eigenvalue weighted by atomic mass is 32.1. The van der Waals surface area contributed by atoms with Crippen molar-refractivity contribution in [2.24, 2.45) is 0 Å². The van der Waals surface area contributed by atoms with Gasteiger partial charge >= 0.3 is 6.03 Å². The van der Waals surface area contributed by atoms with Gasteiger partial charge < -0.3 is 20.3 Å². The molecule has 0 radical (unpaired) electrons. The lowest BCUT2D eigenvalue weighted by atomic mass is 10.1. The van der Waals surface area contributed by atoms with E-state index in [1.807, 2.05) is 25.1 Å². The molecule has 4 heterocycles. The molecule has 9 nitrogen and oxygen atoms in total. The first-order valence-electron chi connectivity index (χ1n) is 12.3. The van der Waals surface area contributed by atoms with Gasteiger partial charge in [-0.1, -0.05) is 0 Å². The SMILES string of the molecule is C#CC(=O)N1CCC[C@@H](NC(=O)c2sc3nccc4c3c2NC(=O)N4c2ccc(OC3CC3)cc2C)C1. The van der Waals surface area contributed by atoms with Gasteiger partial charge in [-0.25, -0.2) is 9.78 Å². The number of nitrogens with zero attached hydrogens (tertiary/aromatic N) is 3. The number of benzene rings is 1. The fourth-order valence-electron chi connectivity index (χ4n) is 4.94. The van der Waals surface area contributed by atoms with Crippen molar-refractivity contribution in [3.05, 3.63) is 40.9 Å². The van der Waals surface area contributed by atoms with Gasteiger partial charge in [0.15, 0.2) is 0 Å². The second-order valence-electron chi connectivity index (χ2n) is 9.56. The normalized spacial score (nSPS) is 18.8. The predicted octanol–water partition coefficient (Wildman–Crippen LogP) is 4.18. The Morgan fingerprint density at radius 2 is 2.08 bits per heavy atom. The van der Waals surface area contributed by atoms with E-state index in [1.54, 1.807) is 22.1 Å². The van der Waals surface area contributed by atoms with Crippen molar-refractivity contribution >= 4 is 56.5 Å². The van der Waals surface area contributed by atoms with Crippen molar-refractivity contribution in [2.75, 3.05) is 23.3 Å². The van der Waals surface area contributed by atoms with E-state index in [9.17, 15) is 14.4 Å². The van der Waals surface area contributed by atoms with Crippen molar-refractivity contribution in [3.8, 4) is 18.1 Å². The average molecular weight is 516 g/mol. The number of urea groups is 1. The predicted molar refractivity (Wildman–Crippen MR) is 142 cm³/mol. The fourth-order valence-corrected chi connectivity index (χ4v) is 5.96. The highest BCUT2D eigenvalue weighted by molar-refractivity contribution is 7.21. The molecule has 2 aliphatic heterocycles. The molecule has 1 saturated carbocycles. The molecular weight excluding hydrogens is 490 g/mol. The summed E-state index contributed by atoms with van der Waals surface area (Å²) in [6, 6.07) is 6.92. The molecule has 2 aromatic heterocycles. The van der Waals surface area contributed by atoms with Gasteiger partial charge in [-0.05, 0) is 68.4 Å². The number of terminal acetylenes is 1. The van der Waals surface area contributed by atoms with Crippen molar-refractivity contribution in [2.45, 2.75) is 44.8 Å². The molecule has 37 heavy (non-hydrogen) atoms. The van der Waals surface area contributed by atoms with Crippen molar-refractivity contribution in [1.82, 2.24) is 15.2 Å². The third-order valence-electron chi connectivity index (χ3n) is 6.86. The number of amides is 4. The van der Waals surface area contributed by atoms with Gasteiger partial charge in [0.2, 0.25) is 0 Å². The Labute approximate surface area is 217 Å². The Morgan fingerprint density at radius 1 is 1.24 bits per heavy atom. The third kappa shape index (κ3) is 4.25. The number of thiophene rings is 1. The van der Waals surface area contributed by atoms with Crippen LogP contribution >= 0.6 is 11.3 Å². The van der Waals surface area contributed by atoms with Crippen LogP contribution in [0.1, 0.15) is 40.9 Å². The number of anilines is 3. The lowest BCUT2D eigenvalue weighted by Gasteiger charge is -2.32. The zero-order valence-electron chi connectivity index (χ0n) is 20.2. The number of hydrogen-bond acceptors (Lipinski definition) is 6. The molecule has 3 aliphatic rings. The Kier molecular flexibility index (Phi) is 5.72. The number of aromatic nitrogens is 1. The van der Waals surface area contributed by atoms with Crippen LogP contribution in [0.25, 0.3) is 10.2 Å². The van der Waals surface area contributed by atoms with Crippen LogP contribution < -0.4 is 20.3 Å². The van der Waals surface area contributed by atoms with E-state index < -0.39 is 0 Å². The first-order chi connectivity index (χ1) is 17.9. The number of carbonyl (C=O) groups is 3. The molecule has 2 N–H and O–H groups in total. The molecule has 1 saturated heterocycles. The van der Waals surface area contributed by atoms with Crippen LogP contribution in [-0.2, 0) is 4.79 Å². The van der Waals surface area contributed by atoms with E-state index in [2.05, 4.69) is 21.5 Å². The van der Waals surface area contributed by atoms with Crippen molar-refractivity contribution in [1.29, 1.82) is 0 Å². The summed E-state index contributed by atoms with van der Waals surface area (Å²) in [6.07, 6.45) is 10.8. The first kappa shape index (κ1) is 23.3. The quantitative estimate of drug-likeness (QED) is 0.496. The number of carbonyl (C=O) groups excluding carboxylic acids is 3. The summed E-state index contributed by atoms with van der Waals surface area (Å²) < 4.78 is 5.90. The summed E-state index contributed by atoms with van der Waals surface area (Å²) in [5.74, 6) is 2.25. The van der Waals surface area contributed by atoms with Crippen LogP contribution in [0.5, 0.6) is 5.75 Å². The maximum Gasteiger partial charge on any atom is 0.331 e. The van der Waals surface area contributed by atoms with Crippen LogP contribution in [0.2, 0.25) is 0 Å². The molecule has 6 rings (SSSR count). The largest absolute Gasteiger partial charge is 0.490 e. The van der Waals surface area contributed by atoms with E-state index in [0.29, 0.717) is 34.2 Å². The average Bonchev–Trinajstić information content (AvgIpc) is 3.63. The molecule has 0 unspecified atom stereocenters. The third-order valence-corrected chi connectivity index (χ3v) is 7.95. The second kappa shape index (κ2) is 9.09. The Bertz CT molecular complexity index is 1490. The zero-order chi connectivity index (χ0) is 25.7. The lowest BCUT2D eigenvalue weighted by molar-refractivity contribution is -0.126. The van der Waals surface area contributed by atoms with E-state index in [-0.39, 0.29) is 30.0 Å². The van der Waals surface area contributed by atoms with E-state index in [0.717, 1.165) is 48.1 Å². The van der Waals surface area contributed by atoms with Gasteiger partial charge in [0.25, 0.3) is 11.8 Å². The molecule has 1 atom stereocenters. The molecule has 188 valence electrons. The molecule has 0 spiro atoms. The minimum Gasteiger partial charge on any atom is -0.490 e. The fraction of sp³-hybridized carbons (Fsp3) is 0.333. The van der Waals surface area contributed by atoms with Crippen LogP contribution in [0.3, 0.4) is 0 Å². The van der Waals surface area contributed by atoms with Crippen molar-refractivity contribution < 1.29 is 19.1 Å². The molecule has 10 heteroatoms. The number of piperidine rings is 1. The van der Waals surface area contributed by atoms with Gasteiger partial charge in [0, 0.05) is 25.3 Å². The Balaban J connectivity index is 1.31. The monoisotopic (exact) mass is 515 g/mol. The molecular formula is C27H25N5O4S. The summed E-state index contributed by atoms with van der Waals surface area (Å²) in [5, 5.41) is 6.68. The highest BCUT2D eigenvalue weighted by Crippen LogP contribution is 2.46. The molecule has 1 aromatic carbocycles. The number of ether oxygens (including phenoxy) is 1. The number of aryl methyl sites for hydroxylation is 1. The lowest BCUT2D eigenvalue weighted by Crippen LogP contribution is -2.49. The zero-order valence-corrected chi connectivity index (χ0v) is 21.1. The Hall–Kier alpha value is -4.10. The minimum atomic E-state index is -0.375. The van der Waals surface area contributed by atoms with Gasteiger partial charge in [0.05, 0.1) is 28.6 Å². The molecule has 3 aromatic rings. The topological polar surface area (TPSA) is 104 Å². The summed E-state index contributed by atoms with van der Waals surface area (Å²) in [5.41, 5.74) is 2.76. The van der Waals surface area contributed by atoms with Gasteiger partial charge in [0.1, 0.15) is 15.5 Å². The summed E-state index contributed by atoms with van der Waals surface area (Å²) >= 11 is 1.23. The molecule has 0 bridgehead atoms. The summed E-state index contributed by atoms with van der Waals surface area (Å²) in [4.78, 5) is 47.4. The minimum absolute atomic E-state index is 0.224. The molecule has 1 aliphatic carbocycles. The highest BCUT2D eigenvalue weighted by Gasteiger charge is 2.34. The van der Waals surface area contributed by atoms with Gasteiger partial charge in [-0.2, -0.15) is 0 Å². The molecule has 4 amide bonds. The van der Waals surface area contributed by atoms with Crippen LogP contribution in [-0.4, -0.2) is 53.0 Å². The standard InChI is InChI=1S/C27H25N5O4S/c1-3-21(33)31-12-4-5-16(14-31)29-25(34)24-23-22-20(10-11-28-26(22)37-24)32(27(35)30-23)19-9-8-18(13-15(19)2)36-17-6-7-17/h1,8-11,13,16-17H,4-7,12,14H2,2H3,(H,29,34)(H,30,35)/t16-/m1/s1. The van der Waals surface area contributed by atoms with Crippen molar-refractivity contribution in [3.63, 3.8) is 0 Å². The first-order valence-corrected chi connectivity index (χ1v) is 13.1. The van der Waals surface area contributed by atoms with Crippen LogP contribution in [0, 0.1) is 19.3 Å². The van der Waals surface area contributed by atoms with E-state index in [1.165, 1.54) is 11.3 Å². The number of rotatable bonds is 5. The second-order valence-corrected chi connectivity index (χ2v) is 10.6. The number of nitrogens with one attached hydrogen (secondary N) is 2. The number of pyridine rings is 1. The smallest absolute Gasteiger partial charge is 0.331 e. The van der Waals surface area contributed by atoms with Crippen LogP contribution in [0.15, 0.2) is 30.5 Å². The number of hydrogen-bond donors (Lipinski definition) is 2. The van der Waals surface area contributed by atoms with Crippen LogP contribution in [0.4, 0.5) is 21.9 Å². The summed E-state index contributed by atoms with van der Waals surface area (Å²) in [6.45, 7) is 2.88. The number of likely N-dealkylation sites (tertiary alicyclic amines) is 1. The van der Waals surface area contributed by atoms with E-state index in [4.69, 9.17) is 11.2 Å². The molecule has 2 fully saturated rings. The summed E-state index contributed by atoms with van der Waals surface area (Å²) in [7, 11) is 0. The maximum atomic E-state index is 13.4. The van der Waals surface area contributed by atoms with Gasteiger partial charge in [-0.3, -0.25) is 14.5 Å².